The molecule has 5 nitrogen and oxygen atoms in total. The normalized spacial score (nSPS) is 11.5. The first kappa shape index (κ1) is 18.5. The van der Waals surface area contributed by atoms with Crippen LogP contribution in [0, 0.1) is 6.92 Å². The van der Waals surface area contributed by atoms with E-state index in [0.29, 0.717) is 6.54 Å². The van der Waals surface area contributed by atoms with Crippen molar-refractivity contribution in [3.05, 3.63) is 83.2 Å². The summed E-state index contributed by atoms with van der Waals surface area (Å²) in [5.41, 5.74) is 2.18. The molecule has 2 aromatic carbocycles. The average molecular weight is 411 g/mol. The molecule has 0 fully saturated rings. The van der Waals surface area contributed by atoms with Crippen molar-refractivity contribution < 1.29 is 12.8 Å². The van der Waals surface area contributed by atoms with Crippen LogP contribution in [-0.4, -0.2) is 13.4 Å². The van der Waals surface area contributed by atoms with Gasteiger partial charge in [-0.15, -0.1) is 11.3 Å². The quantitative estimate of drug-likeness (QED) is 0.475. The van der Waals surface area contributed by atoms with Gasteiger partial charge in [0.25, 0.3) is 0 Å². The lowest BCUT2D eigenvalue weighted by molar-refractivity contribution is 0.577. The summed E-state index contributed by atoms with van der Waals surface area (Å²) >= 11 is 1.44. The number of benzene rings is 2. The number of rotatable bonds is 6. The highest BCUT2D eigenvalue weighted by molar-refractivity contribution is 7.91. The van der Waals surface area contributed by atoms with E-state index in [1.54, 1.807) is 30.3 Å². The molecule has 1 N–H and O–H groups in total. The first-order chi connectivity index (χ1) is 13.5. The Hall–Kier alpha value is -2.90. The molecule has 0 spiro atoms. The minimum Gasteiger partial charge on any atom is -0.418 e. The highest BCUT2D eigenvalue weighted by Gasteiger charge is 2.28. The largest absolute Gasteiger partial charge is 0.418 e. The summed E-state index contributed by atoms with van der Waals surface area (Å²) in [4.78, 5) is 5.27. The van der Waals surface area contributed by atoms with Crippen LogP contribution in [0.15, 0.2) is 86.4 Å². The number of nitrogens with one attached hydrogen (secondary N) is 1. The molecule has 0 radical (unpaired) electrons. The van der Waals surface area contributed by atoms with Crippen molar-refractivity contribution in [2.45, 2.75) is 23.4 Å². The van der Waals surface area contributed by atoms with Gasteiger partial charge in [-0.2, -0.15) is 4.98 Å². The molecule has 0 aliphatic carbocycles. The maximum Gasteiger partial charge on any atom is 0.240 e. The van der Waals surface area contributed by atoms with E-state index in [1.165, 1.54) is 11.3 Å². The van der Waals surface area contributed by atoms with Gasteiger partial charge in [0.1, 0.15) is 0 Å². The average Bonchev–Trinajstić information content (AvgIpc) is 3.38. The van der Waals surface area contributed by atoms with Crippen molar-refractivity contribution >= 4 is 27.1 Å². The highest BCUT2D eigenvalue weighted by Crippen LogP contribution is 2.34. The minimum absolute atomic E-state index is 0.103. The Bertz CT molecular complexity index is 1160. The lowest BCUT2D eigenvalue weighted by Gasteiger charge is -2.06. The van der Waals surface area contributed by atoms with Gasteiger partial charge in [-0.05, 0) is 36.1 Å². The maximum atomic E-state index is 13.1. The number of hydrogen-bond acceptors (Lipinski definition) is 6. The molecule has 0 amide bonds. The topological polar surface area (TPSA) is 72.2 Å². The minimum atomic E-state index is -3.81. The summed E-state index contributed by atoms with van der Waals surface area (Å²) in [5.74, 6) is 0.434. The van der Waals surface area contributed by atoms with Crippen LogP contribution < -0.4 is 5.32 Å². The van der Waals surface area contributed by atoms with Gasteiger partial charge in [-0.1, -0.05) is 54.1 Å². The van der Waals surface area contributed by atoms with Crippen molar-refractivity contribution in [3.8, 4) is 10.8 Å². The number of sulfone groups is 1. The van der Waals surface area contributed by atoms with Crippen molar-refractivity contribution in [3.63, 3.8) is 0 Å². The number of hydrogen-bond donors (Lipinski definition) is 1. The second-order valence-corrected chi connectivity index (χ2v) is 9.10. The van der Waals surface area contributed by atoms with Gasteiger partial charge in [0.2, 0.25) is 26.6 Å². The Morgan fingerprint density at radius 1 is 1.00 bits per heavy atom. The van der Waals surface area contributed by atoms with Crippen LogP contribution in [0.25, 0.3) is 10.8 Å². The zero-order valence-electron chi connectivity index (χ0n) is 15.1. The van der Waals surface area contributed by atoms with Gasteiger partial charge in [0, 0.05) is 6.54 Å². The molecule has 4 aromatic rings. The fraction of sp³-hybridized carbons (Fsp3) is 0.0952. The monoisotopic (exact) mass is 410 g/mol. The van der Waals surface area contributed by atoms with Gasteiger partial charge in [0.15, 0.2) is 0 Å². The van der Waals surface area contributed by atoms with Crippen LogP contribution in [-0.2, 0) is 16.4 Å². The summed E-state index contributed by atoms with van der Waals surface area (Å²) in [7, 11) is -3.81. The van der Waals surface area contributed by atoms with Gasteiger partial charge in [-0.25, -0.2) is 8.42 Å². The lowest BCUT2D eigenvalue weighted by atomic mass is 10.1. The predicted molar refractivity (Wildman–Crippen MR) is 110 cm³/mol. The predicted octanol–water partition coefficient (Wildman–Crippen LogP) is 5.16. The molecule has 4 rings (SSSR count). The van der Waals surface area contributed by atoms with E-state index in [1.807, 2.05) is 48.7 Å². The van der Waals surface area contributed by atoms with E-state index < -0.39 is 9.84 Å². The number of thiophene rings is 1. The fourth-order valence-electron chi connectivity index (χ4n) is 2.71. The second kappa shape index (κ2) is 7.61. The summed E-state index contributed by atoms with van der Waals surface area (Å²) in [5, 5.41) is 4.89. The Balaban J connectivity index is 1.72. The summed E-state index contributed by atoms with van der Waals surface area (Å²) < 4.78 is 32.1. The van der Waals surface area contributed by atoms with Crippen LogP contribution >= 0.6 is 11.3 Å². The molecule has 142 valence electrons. The fourth-order valence-corrected chi connectivity index (χ4v) is 4.65. The molecule has 0 saturated heterocycles. The molecule has 0 unspecified atom stereocenters. The molecule has 0 aliphatic rings. The highest BCUT2D eigenvalue weighted by atomic mass is 32.2. The third-order valence-corrected chi connectivity index (χ3v) is 6.75. The molecule has 28 heavy (non-hydrogen) atoms. The molecular formula is C21H18N2O3S2. The molecule has 0 bridgehead atoms. The van der Waals surface area contributed by atoms with Crippen molar-refractivity contribution in [2.24, 2.45) is 0 Å². The molecular weight excluding hydrogens is 392 g/mol. The molecule has 0 saturated carbocycles. The first-order valence-corrected chi connectivity index (χ1v) is 11.0. The van der Waals surface area contributed by atoms with Crippen LogP contribution in [0.1, 0.15) is 11.1 Å². The zero-order chi connectivity index (χ0) is 19.6. The van der Waals surface area contributed by atoms with Gasteiger partial charge >= 0.3 is 0 Å². The van der Waals surface area contributed by atoms with Crippen molar-refractivity contribution in [1.29, 1.82) is 0 Å². The number of oxazole rings is 1. The van der Waals surface area contributed by atoms with E-state index in [4.69, 9.17) is 4.42 Å². The van der Waals surface area contributed by atoms with Gasteiger partial charge in [0.05, 0.1) is 9.77 Å². The zero-order valence-corrected chi connectivity index (χ0v) is 16.8. The van der Waals surface area contributed by atoms with Crippen LogP contribution in [0.3, 0.4) is 0 Å². The number of anilines is 1. The van der Waals surface area contributed by atoms with Gasteiger partial charge in [-0.3, -0.25) is 0 Å². The Kier molecular flexibility index (Phi) is 5.02. The Morgan fingerprint density at radius 2 is 1.75 bits per heavy atom. The van der Waals surface area contributed by atoms with E-state index >= 15 is 0 Å². The van der Waals surface area contributed by atoms with E-state index in [2.05, 4.69) is 10.3 Å². The molecule has 0 atom stereocenters. The third kappa shape index (κ3) is 3.72. The smallest absolute Gasteiger partial charge is 0.240 e. The SMILES string of the molecule is Cc1ccc(CNc2oc(-c3cccs3)nc2S(=O)(=O)c2ccccc2)cc1. The number of aryl methyl sites for hydroxylation is 1. The Morgan fingerprint density at radius 3 is 2.43 bits per heavy atom. The molecule has 7 heteroatoms. The summed E-state index contributed by atoms with van der Waals surface area (Å²) in [6.07, 6.45) is 0. The standard InChI is InChI=1S/C21H18N2O3S2/c1-15-9-11-16(12-10-15)14-22-20-21(23-19(26-20)18-8-5-13-27-18)28(24,25)17-6-3-2-4-7-17/h2-13,22H,14H2,1H3. The van der Waals surface area contributed by atoms with Crippen LogP contribution in [0.5, 0.6) is 0 Å². The van der Waals surface area contributed by atoms with E-state index in [-0.39, 0.29) is 21.7 Å². The van der Waals surface area contributed by atoms with Crippen LogP contribution in [0.4, 0.5) is 5.88 Å². The maximum absolute atomic E-state index is 13.1. The van der Waals surface area contributed by atoms with Gasteiger partial charge < -0.3 is 9.73 Å². The number of aromatic nitrogens is 1. The van der Waals surface area contributed by atoms with Crippen LogP contribution in [0.2, 0.25) is 0 Å². The first-order valence-electron chi connectivity index (χ1n) is 8.68. The molecule has 2 heterocycles. The van der Waals surface area contributed by atoms with Crippen molar-refractivity contribution in [2.75, 3.05) is 5.32 Å². The molecule has 2 aromatic heterocycles. The van der Waals surface area contributed by atoms with E-state index in [9.17, 15) is 8.42 Å². The molecule has 0 aliphatic heterocycles. The summed E-state index contributed by atoms with van der Waals surface area (Å²) in [6, 6.07) is 20.0. The van der Waals surface area contributed by atoms with Crippen molar-refractivity contribution in [1.82, 2.24) is 4.98 Å². The van der Waals surface area contributed by atoms with E-state index in [0.717, 1.165) is 16.0 Å². The third-order valence-electron chi connectivity index (χ3n) is 4.21. The Labute approximate surface area is 167 Å². The second-order valence-electron chi connectivity index (χ2n) is 6.29. The summed E-state index contributed by atoms with van der Waals surface area (Å²) in [6.45, 7) is 2.45. The lowest BCUT2D eigenvalue weighted by Crippen LogP contribution is -2.07. The number of nitrogens with zero attached hydrogens (tertiary/aromatic N) is 1.